The maximum atomic E-state index is 14.1. The minimum atomic E-state index is -4.81. The summed E-state index contributed by atoms with van der Waals surface area (Å²) in [6.07, 6.45) is -1.99. The third kappa shape index (κ3) is 3.07. The van der Waals surface area contributed by atoms with Crippen molar-refractivity contribution < 1.29 is 26.7 Å². The van der Waals surface area contributed by atoms with E-state index in [1.54, 1.807) is 6.07 Å². The van der Waals surface area contributed by atoms with Crippen LogP contribution in [0.15, 0.2) is 24.4 Å². The summed E-state index contributed by atoms with van der Waals surface area (Å²) < 4.78 is 66.6. The smallest absolute Gasteiger partial charge is 0.314 e. The number of carbonyl (C=O) groups is 1. The Morgan fingerprint density at radius 1 is 1.25 bits per heavy atom. The van der Waals surface area contributed by atoms with E-state index in [-0.39, 0.29) is 18.5 Å². The predicted molar refractivity (Wildman–Crippen MR) is 90.9 cm³/mol. The maximum absolute atomic E-state index is 14.1. The predicted octanol–water partition coefficient (Wildman–Crippen LogP) is 5.33. The monoisotopic (exact) mass is 417 g/mol. The third-order valence-corrected chi connectivity index (χ3v) is 5.49. The SMILES string of the molecule is O=C(Nc1cc(Cl)c(C(F)(F)F)cc1F)N1[C@H]2CC[C@@H]1c1ccnc(F)c1C2. The van der Waals surface area contributed by atoms with Gasteiger partial charge in [-0.3, -0.25) is 0 Å². The number of hydrogen-bond acceptors (Lipinski definition) is 2. The zero-order valence-electron chi connectivity index (χ0n) is 14.2. The fourth-order valence-corrected chi connectivity index (χ4v) is 4.24. The molecule has 0 radical (unpaired) electrons. The highest BCUT2D eigenvalue weighted by Crippen LogP contribution is 2.44. The highest BCUT2D eigenvalue weighted by molar-refractivity contribution is 6.31. The van der Waals surface area contributed by atoms with Gasteiger partial charge < -0.3 is 10.2 Å². The number of rotatable bonds is 1. The van der Waals surface area contributed by atoms with E-state index >= 15 is 0 Å². The molecular formula is C18H13ClF5N3O. The molecule has 2 amide bonds. The molecule has 0 unspecified atom stereocenters. The average Bonchev–Trinajstić information content (AvgIpc) is 2.93. The van der Waals surface area contributed by atoms with Crippen LogP contribution in [-0.4, -0.2) is 22.0 Å². The Balaban J connectivity index is 1.61. The largest absolute Gasteiger partial charge is 0.417 e. The summed E-state index contributed by atoms with van der Waals surface area (Å²) in [6.45, 7) is 0. The molecule has 10 heteroatoms. The summed E-state index contributed by atoms with van der Waals surface area (Å²) in [4.78, 5) is 17.9. The molecule has 1 saturated heterocycles. The van der Waals surface area contributed by atoms with Crippen molar-refractivity contribution in [3.63, 3.8) is 0 Å². The summed E-state index contributed by atoms with van der Waals surface area (Å²) in [5, 5.41) is 1.58. The molecule has 0 saturated carbocycles. The van der Waals surface area contributed by atoms with Crippen molar-refractivity contribution in [2.45, 2.75) is 37.5 Å². The van der Waals surface area contributed by atoms with E-state index < -0.39 is 46.3 Å². The van der Waals surface area contributed by atoms with Crippen molar-refractivity contribution in [1.82, 2.24) is 9.88 Å². The Kier molecular flexibility index (Phi) is 4.45. The van der Waals surface area contributed by atoms with Crippen LogP contribution in [0.1, 0.15) is 35.6 Å². The molecule has 0 aliphatic carbocycles. The summed E-state index contributed by atoms with van der Waals surface area (Å²) in [5.74, 6) is -1.82. The van der Waals surface area contributed by atoms with Crippen LogP contribution in [-0.2, 0) is 12.6 Å². The van der Waals surface area contributed by atoms with Crippen molar-refractivity contribution in [3.05, 3.63) is 57.9 Å². The van der Waals surface area contributed by atoms with E-state index in [1.807, 2.05) is 0 Å². The van der Waals surface area contributed by atoms with Crippen LogP contribution in [0, 0.1) is 11.8 Å². The minimum Gasteiger partial charge on any atom is -0.314 e. The number of benzene rings is 1. The first-order valence-electron chi connectivity index (χ1n) is 8.45. The second-order valence-corrected chi connectivity index (χ2v) is 7.17. The number of amides is 2. The number of halogens is 6. The van der Waals surface area contributed by atoms with Gasteiger partial charge >= 0.3 is 12.2 Å². The van der Waals surface area contributed by atoms with Gasteiger partial charge in [0.15, 0.2) is 0 Å². The zero-order chi connectivity index (χ0) is 20.2. The molecule has 28 heavy (non-hydrogen) atoms. The van der Waals surface area contributed by atoms with E-state index in [0.717, 1.165) is 6.07 Å². The van der Waals surface area contributed by atoms with Crippen LogP contribution in [0.3, 0.4) is 0 Å². The number of fused-ring (bicyclic) bond motifs is 4. The van der Waals surface area contributed by atoms with E-state index in [0.29, 0.717) is 24.0 Å². The Labute approximate surface area is 161 Å². The van der Waals surface area contributed by atoms with Crippen molar-refractivity contribution >= 4 is 23.3 Å². The minimum absolute atomic E-state index is 0.249. The quantitative estimate of drug-likeness (QED) is 0.504. The normalized spacial score (nSPS) is 20.9. The van der Waals surface area contributed by atoms with Crippen molar-refractivity contribution in [1.29, 1.82) is 0 Å². The van der Waals surface area contributed by atoms with Gasteiger partial charge in [0.25, 0.3) is 0 Å². The van der Waals surface area contributed by atoms with Gasteiger partial charge in [0.2, 0.25) is 5.95 Å². The number of hydrogen-bond donors (Lipinski definition) is 1. The summed E-state index contributed by atoms with van der Waals surface area (Å²) in [5.41, 5.74) is -0.668. The highest BCUT2D eigenvalue weighted by Gasteiger charge is 2.44. The fraction of sp³-hybridized carbons (Fsp3) is 0.333. The second-order valence-electron chi connectivity index (χ2n) is 6.77. The third-order valence-electron chi connectivity index (χ3n) is 5.18. The lowest BCUT2D eigenvalue weighted by atomic mass is 9.95. The van der Waals surface area contributed by atoms with Crippen LogP contribution < -0.4 is 5.32 Å². The molecule has 1 aromatic heterocycles. The lowest BCUT2D eigenvalue weighted by Crippen LogP contribution is -2.44. The summed E-state index contributed by atoms with van der Waals surface area (Å²) in [7, 11) is 0. The first kappa shape index (κ1) is 18.9. The Morgan fingerprint density at radius 2 is 2.00 bits per heavy atom. The van der Waals surface area contributed by atoms with Gasteiger partial charge in [-0.25, -0.2) is 14.2 Å². The number of nitrogens with one attached hydrogen (secondary N) is 1. The van der Waals surface area contributed by atoms with Gasteiger partial charge in [0, 0.05) is 17.8 Å². The van der Waals surface area contributed by atoms with Crippen LogP contribution in [0.2, 0.25) is 5.02 Å². The standard InChI is InChI=1S/C18H13ClF5N3O/c19-12-7-14(13(20)6-11(12)18(22,23)24)26-17(28)27-8-1-2-15(27)9-3-4-25-16(21)10(9)5-8/h3-4,6-8,15H,1-2,5H2,(H,26,28)/t8-,15+/m0/s1. The molecule has 2 atom stereocenters. The molecule has 1 aromatic carbocycles. The number of alkyl halides is 3. The molecule has 148 valence electrons. The summed E-state index contributed by atoms with van der Waals surface area (Å²) in [6, 6.07) is 1.24. The van der Waals surface area contributed by atoms with Crippen molar-refractivity contribution in [3.8, 4) is 0 Å². The highest BCUT2D eigenvalue weighted by atomic mass is 35.5. The Hall–Kier alpha value is -2.42. The number of pyridine rings is 1. The van der Waals surface area contributed by atoms with Crippen LogP contribution in [0.4, 0.5) is 32.4 Å². The van der Waals surface area contributed by atoms with Gasteiger partial charge in [-0.2, -0.15) is 17.6 Å². The molecule has 2 aromatic rings. The van der Waals surface area contributed by atoms with E-state index in [1.165, 1.54) is 11.1 Å². The topological polar surface area (TPSA) is 45.2 Å². The molecule has 3 heterocycles. The average molecular weight is 418 g/mol. The molecule has 4 nitrogen and oxygen atoms in total. The molecule has 1 fully saturated rings. The lowest BCUT2D eigenvalue weighted by Gasteiger charge is -2.36. The van der Waals surface area contributed by atoms with Crippen molar-refractivity contribution in [2.24, 2.45) is 0 Å². The Bertz CT molecular complexity index is 965. The summed E-state index contributed by atoms with van der Waals surface area (Å²) >= 11 is 5.61. The lowest BCUT2D eigenvalue weighted by molar-refractivity contribution is -0.137. The van der Waals surface area contributed by atoms with E-state index in [4.69, 9.17) is 11.6 Å². The Morgan fingerprint density at radius 3 is 2.71 bits per heavy atom. The van der Waals surface area contributed by atoms with Gasteiger partial charge in [0.1, 0.15) is 5.82 Å². The maximum Gasteiger partial charge on any atom is 0.417 e. The zero-order valence-corrected chi connectivity index (χ0v) is 14.9. The van der Waals surface area contributed by atoms with E-state index in [9.17, 15) is 26.7 Å². The molecule has 2 aliphatic rings. The fourth-order valence-electron chi connectivity index (χ4n) is 3.97. The number of aromatic nitrogens is 1. The van der Waals surface area contributed by atoms with Gasteiger partial charge in [-0.15, -0.1) is 0 Å². The number of carbonyl (C=O) groups excluding carboxylic acids is 1. The molecule has 4 rings (SSSR count). The van der Waals surface area contributed by atoms with Crippen LogP contribution >= 0.6 is 11.6 Å². The van der Waals surface area contributed by atoms with Gasteiger partial charge in [-0.05, 0) is 43.0 Å². The number of urea groups is 1. The number of nitrogens with zero attached hydrogens (tertiary/aromatic N) is 2. The molecular weight excluding hydrogens is 405 g/mol. The first-order chi connectivity index (χ1) is 13.2. The first-order valence-corrected chi connectivity index (χ1v) is 8.83. The van der Waals surface area contributed by atoms with Crippen LogP contribution in [0.25, 0.3) is 0 Å². The molecule has 0 spiro atoms. The van der Waals surface area contributed by atoms with Gasteiger partial charge in [0.05, 0.1) is 22.3 Å². The van der Waals surface area contributed by atoms with E-state index in [2.05, 4.69) is 10.3 Å². The molecule has 2 bridgehead atoms. The second kappa shape index (κ2) is 6.58. The molecule has 1 N–H and O–H groups in total. The van der Waals surface area contributed by atoms with Gasteiger partial charge in [-0.1, -0.05) is 11.6 Å². The molecule has 2 aliphatic heterocycles. The number of anilines is 1. The van der Waals surface area contributed by atoms with Crippen molar-refractivity contribution in [2.75, 3.05) is 5.32 Å². The van der Waals surface area contributed by atoms with Crippen LogP contribution in [0.5, 0.6) is 0 Å².